The van der Waals surface area contributed by atoms with Crippen LogP contribution in [-0.2, 0) is 4.79 Å². The molecule has 0 spiro atoms. The number of allylic oxidation sites excluding steroid dienone is 1. The topological polar surface area (TPSA) is 107 Å². The second kappa shape index (κ2) is 11.5. The van der Waals surface area contributed by atoms with Crippen LogP contribution < -0.4 is 25.3 Å². The first-order chi connectivity index (χ1) is 14.6. The molecule has 0 radical (unpaired) electrons. The number of nitrogens with zero attached hydrogens (tertiary/aromatic N) is 1. The number of carbonyl (C=O) groups is 1. The van der Waals surface area contributed by atoms with Crippen molar-refractivity contribution in [1.29, 1.82) is 5.26 Å². The van der Waals surface area contributed by atoms with Crippen LogP contribution in [0.1, 0.15) is 30.9 Å². The molecule has 3 N–H and O–H groups in total. The molecule has 0 aromatic heterocycles. The molecule has 0 aliphatic rings. The Labute approximate surface area is 177 Å². The third-order valence-corrected chi connectivity index (χ3v) is 4.38. The van der Waals surface area contributed by atoms with Gasteiger partial charge in [-0.2, -0.15) is 5.26 Å². The van der Waals surface area contributed by atoms with E-state index in [1.54, 1.807) is 25.3 Å². The Morgan fingerprint density at radius 3 is 2.37 bits per heavy atom. The highest BCUT2D eigenvalue weighted by Gasteiger charge is 2.14. The van der Waals surface area contributed by atoms with Crippen LogP contribution in [0.2, 0.25) is 0 Å². The SMILES string of the molecule is CCOc1cc(C(=CC#N)c2ccc(OC)c(NC(=O)CCCN)c2)ccc1OC. The van der Waals surface area contributed by atoms with E-state index in [-0.39, 0.29) is 5.91 Å². The number of ether oxygens (including phenoxy) is 3. The fourth-order valence-electron chi connectivity index (χ4n) is 2.96. The summed E-state index contributed by atoms with van der Waals surface area (Å²) in [7, 11) is 3.11. The summed E-state index contributed by atoms with van der Waals surface area (Å²) in [5.74, 6) is 1.58. The van der Waals surface area contributed by atoms with Crippen LogP contribution in [0.4, 0.5) is 5.69 Å². The van der Waals surface area contributed by atoms with Crippen LogP contribution in [0.15, 0.2) is 42.5 Å². The summed E-state index contributed by atoms with van der Waals surface area (Å²) in [5, 5.41) is 12.2. The third-order valence-electron chi connectivity index (χ3n) is 4.38. The quantitative estimate of drug-likeness (QED) is 0.579. The fraction of sp³-hybridized carbons (Fsp3) is 0.304. The number of anilines is 1. The van der Waals surface area contributed by atoms with Crippen molar-refractivity contribution in [2.24, 2.45) is 5.73 Å². The summed E-state index contributed by atoms with van der Waals surface area (Å²) >= 11 is 0. The zero-order valence-corrected chi connectivity index (χ0v) is 17.5. The molecular weight excluding hydrogens is 382 g/mol. The summed E-state index contributed by atoms with van der Waals surface area (Å²) < 4.78 is 16.4. The Balaban J connectivity index is 2.47. The first-order valence-electron chi connectivity index (χ1n) is 9.67. The summed E-state index contributed by atoms with van der Waals surface area (Å²) in [6.07, 6.45) is 2.37. The highest BCUT2D eigenvalue weighted by atomic mass is 16.5. The van der Waals surface area contributed by atoms with Gasteiger partial charge in [-0.3, -0.25) is 4.79 Å². The highest BCUT2D eigenvalue weighted by Crippen LogP contribution is 2.35. The Hall–Kier alpha value is -3.50. The average Bonchev–Trinajstić information content (AvgIpc) is 2.76. The van der Waals surface area contributed by atoms with Gasteiger partial charge in [0.1, 0.15) is 5.75 Å². The zero-order chi connectivity index (χ0) is 21.9. The number of nitrogens with two attached hydrogens (primary N) is 1. The standard InChI is InChI=1S/C23H27N3O4/c1-4-30-22-15-17(8-10-21(22)29-3)18(11-13-25)16-7-9-20(28-2)19(14-16)26-23(27)6-5-12-24/h7-11,14-15H,4-6,12,24H2,1-3H3,(H,26,27). The van der Waals surface area contributed by atoms with Gasteiger partial charge in [-0.25, -0.2) is 0 Å². The number of nitrogens with one attached hydrogen (secondary N) is 1. The molecule has 7 nitrogen and oxygen atoms in total. The van der Waals surface area contributed by atoms with E-state index < -0.39 is 0 Å². The van der Waals surface area contributed by atoms with Gasteiger partial charge in [0.25, 0.3) is 0 Å². The molecule has 1 amide bonds. The normalized spacial score (nSPS) is 10.8. The summed E-state index contributed by atoms with van der Waals surface area (Å²) in [4.78, 5) is 12.2. The number of benzene rings is 2. The van der Waals surface area contributed by atoms with Gasteiger partial charge in [-0.1, -0.05) is 12.1 Å². The summed E-state index contributed by atoms with van der Waals surface area (Å²) in [5.41, 5.74) is 8.22. The molecule has 0 saturated heterocycles. The Morgan fingerprint density at radius 2 is 1.77 bits per heavy atom. The molecule has 0 saturated carbocycles. The van der Waals surface area contributed by atoms with Crippen molar-refractivity contribution in [3.63, 3.8) is 0 Å². The van der Waals surface area contributed by atoms with Crippen molar-refractivity contribution in [3.05, 3.63) is 53.6 Å². The maximum absolute atomic E-state index is 12.2. The zero-order valence-electron chi connectivity index (χ0n) is 17.5. The van der Waals surface area contributed by atoms with E-state index in [0.717, 1.165) is 11.1 Å². The lowest BCUT2D eigenvalue weighted by Crippen LogP contribution is -2.14. The van der Waals surface area contributed by atoms with Gasteiger partial charge in [0, 0.05) is 12.5 Å². The van der Waals surface area contributed by atoms with Gasteiger partial charge in [-0.05, 0) is 60.9 Å². The summed E-state index contributed by atoms with van der Waals surface area (Å²) in [6, 6.07) is 13.0. The van der Waals surface area contributed by atoms with Gasteiger partial charge in [0.2, 0.25) is 5.91 Å². The van der Waals surface area contributed by atoms with Crippen molar-refractivity contribution in [2.75, 3.05) is 32.7 Å². The molecule has 0 atom stereocenters. The molecule has 0 bridgehead atoms. The van der Waals surface area contributed by atoms with Crippen LogP contribution in [0.3, 0.4) is 0 Å². The van der Waals surface area contributed by atoms with Crippen LogP contribution in [0, 0.1) is 11.3 Å². The maximum atomic E-state index is 12.2. The molecule has 0 unspecified atom stereocenters. The van der Waals surface area contributed by atoms with Crippen LogP contribution in [0.25, 0.3) is 5.57 Å². The second-order valence-corrected chi connectivity index (χ2v) is 6.34. The van der Waals surface area contributed by atoms with Gasteiger partial charge in [0.05, 0.1) is 32.6 Å². The molecule has 2 aromatic carbocycles. The summed E-state index contributed by atoms with van der Waals surface area (Å²) in [6.45, 7) is 2.82. The monoisotopic (exact) mass is 409 g/mol. The predicted octanol–water partition coefficient (Wildman–Crippen LogP) is 3.74. The number of hydrogen-bond acceptors (Lipinski definition) is 6. The first-order valence-corrected chi connectivity index (χ1v) is 9.67. The molecule has 2 rings (SSSR count). The van der Waals surface area contributed by atoms with E-state index in [9.17, 15) is 10.1 Å². The fourth-order valence-corrected chi connectivity index (χ4v) is 2.96. The third kappa shape index (κ3) is 5.75. The lowest BCUT2D eigenvalue weighted by Gasteiger charge is -2.15. The maximum Gasteiger partial charge on any atom is 0.224 e. The largest absolute Gasteiger partial charge is 0.495 e. The number of hydrogen-bond donors (Lipinski definition) is 2. The van der Waals surface area contributed by atoms with Crippen molar-refractivity contribution in [3.8, 4) is 23.3 Å². The van der Waals surface area contributed by atoms with Gasteiger partial charge < -0.3 is 25.3 Å². The molecule has 0 heterocycles. The first kappa shape index (κ1) is 22.8. The van der Waals surface area contributed by atoms with E-state index in [2.05, 4.69) is 11.4 Å². The minimum absolute atomic E-state index is 0.148. The van der Waals surface area contributed by atoms with Crippen molar-refractivity contribution in [1.82, 2.24) is 0 Å². The number of nitriles is 1. The van der Waals surface area contributed by atoms with E-state index >= 15 is 0 Å². The van der Waals surface area contributed by atoms with E-state index in [1.165, 1.54) is 13.2 Å². The smallest absolute Gasteiger partial charge is 0.224 e. The lowest BCUT2D eigenvalue weighted by molar-refractivity contribution is -0.116. The average molecular weight is 409 g/mol. The van der Waals surface area contributed by atoms with Gasteiger partial charge in [0.15, 0.2) is 11.5 Å². The second-order valence-electron chi connectivity index (χ2n) is 6.34. The predicted molar refractivity (Wildman–Crippen MR) is 117 cm³/mol. The number of methoxy groups -OCH3 is 2. The molecule has 0 aliphatic carbocycles. The Bertz CT molecular complexity index is 948. The molecule has 0 fully saturated rings. The Morgan fingerprint density at radius 1 is 1.10 bits per heavy atom. The van der Waals surface area contributed by atoms with Gasteiger partial charge >= 0.3 is 0 Å². The lowest BCUT2D eigenvalue weighted by atomic mass is 9.96. The van der Waals surface area contributed by atoms with Crippen molar-refractivity contribution >= 4 is 17.2 Å². The van der Waals surface area contributed by atoms with Crippen LogP contribution in [-0.4, -0.2) is 33.3 Å². The van der Waals surface area contributed by atoms with Crippen molar-refractivity contribution in [2.45, 2.75) is 19.8 Å². The van der Waals surface area contributed by atoms with Gasteiger partial charge in [-0.15, -0.1) is 0 Å². The molecule has 30 heavy (non-hydrogen) atoms. The molecular formula is C23H27N3O4. The van der Waals surface area contributed by atoms with Crippen LogP contribution in [0.5, 0.6) is 17.2 Å². The van der Waals surface area contributed by atoms with Crippen LogP contribution >= 0.6 is 0 Å². The number of amides is 1. The van der Waals surface area contributed by atoms with Crippen molar-refractivity contribution < 1.29 is 19.0 Å². The van der Waals surface area contributed by atoms with E-state index in [4.69, 9.17) is 19.9 Å². The molecule has 158 valence electrons. The minimum Gasteiger partial charge on any atom is -0.495 e. The van der Waals surface area contributed by atoms with E-state index in [0.29, 0.717) is 54.5 Å². The molecule has 7 heteroatoms. The Kier molecular flexibility index (Phi) is 8.73. The highest BCUT2D eigenvalue weighted by molar-refractivity contribution is 5.94. The molecule has 2 aromatic rings. The minimum atomic E-state index is -0.148. The molecule has 0 aliphatic heterocycles. The number of rotatable bonds is 10. The van der Waals surface area contributed by atoms with E-state index in [1.807, 2.05) is 25.1 Å². The number of carbonyl (C=O) groups excluding carboxylic acids is 1.